The van der Waals surface area contributed by atoms with Crippen molar-refractivity contribution in [1.29, 1.82) is 0 Å². The number of nitrogen functional groups attached to an aromatic ring is 1. The number of rotatable bonds is 1. The minimum atomic E-state index is -3.38. The zero-order valence-corrected chi connectivity index (χ0v) is 13.8. The molecular weight excluding hydrogens is 369 g/mol. The monoisotopic (exact) mass is 379 g/mol. The smallest absolute Gasteiger partial charge is 0.325 e. The van der Waals surface area contributed by atoms with Gasteiger partial charge in [0.05, 0.1) is 6.61 Å². The average molecular weight is 380 g/mol. The number of hydrogen-bond donors (Lipinski definition) is 3. The van der Waals surface area contributed by atoms with Crippen molar-refractivity contribution in [3.63, 3.8) is 0 Å². The van der Waals surface area contributed by atoms with Crippen molar-refractivity contribution >= 4 is 47.1 Å². The minimum absolute atomic E-state index is 0.00732. The fourth-order valence-corrected chi connectivity index (χ4v) is 4.38. The first kappa shape index (κ1) is 15.6. The second kappa shape index (κ2) is 5.30. The molecule has 0 bridgehead atoms. The Hall–Kier alpha value is -0.910. The molecule has 0 saturated carbocycles. The third kappa shape index (κ3) is 2.44. The number of fused-ring (bicyclic) bond motifs is 2. The summed E-state index contributed by atoms with van der Waals surface area (Å²) in [7, 11) is 0. The molecule has 0 radical (unpaired) electrons. The lowest BCUT2D eigenvalue weighted by atomic mass is 10.1. The summed E-state index contributed by atoms with van der Waals surface area (Å²) in [4.78, 5) is 21.8. The predicted octanol–water partition coefficient (Wildman–Crippen LogP) is -0.0476. The lowest BCUT2D eigenvalue weighted by Crippen LogP contribution is -2.39. The highest BCUT2D eigenvalue weighted by atomic mass is 35.5. The van der Waals surface area contributed by atoms with Gasteiger partial charge in [-0.2, -0.15) is 0 Å². The van der Waals surface area contributed by atoms with Gasteiger partial charge in [-0.15, -0.1) is 0 Å². The molecule has 2 aromatic rings. The lowest BCUT2D eigenvalue weighted by molar-refractivity contribution is -0.0592. The Morgan fingerprint density at radius 2 is 2.26 bits per heavy atom. The molecule has 2 saturated heterocycles. The topological polar surface area (TPSA) is 138 Å². The van der Waals surface area contributed by atoms with E-state index in [0.717, 1.165) is 0 Å². The van der Waals surface area contributed by atoms with E-state index in [1.165, 1.54) is 10.9 Å². The van der Waals surface area contributed by atoms with Gasteiger partial charge in [0.1, 0.15) is 24.6 Å². The van der Waals surface area contributed by atoms with E-state index in [0.29, 0.717) is 11.2 Å². The Balaban J connectivity index is 1.76. The Labute approximate surface area is 139 Å². The van der Waals surface area contributed by atoms with Crippen LogP contribution in [0.1, 0.15) is 6.23 Å². The van der Waals surface area contributed by atoms with Crippen LogP contribution in [0.3, 0.4) is 0 Å². The third-order valence-corrected chi connectivity index (χ3v) is 5.51. The highest BCUT2D eigenvalue weighted by Gasteiger charge is 2.51. The van der Waals surface area contributed by atoms with Crippen molar-refractivity contribution in [2.24, 2.45) is 0 Å². The van der Waals surface area contributed by atoms with Gasteiger partial charge in [-0.25, -0.2) is 15.0 Å². The third-order valence-electron chi connectivity index (χ3n) is 3.68. The van der Waals surface area contributed by atoms with E-state index < -0.39 is 31.3 Å². The van der Waals surface area contributed by atoms with Crippen LogP contribution in [0, 0.1) is 0 Å². The molecule has 2 aliphatic rings. The van der Waals surface area contributed by atoms with Crippen molar-refractivity contribution in [2.45, 2.75) is 24.5 Å². The molecule has 23 heavy (non-hydrogen) atoms. The van der Waals surface area contributed by atoms with E-state index in [9.17, 15) is 10.00 Å². The molecule has 0 aromatic carbocycles. The molecule has 2 aromatic heterocycles. The van der Waals surface area contributed by atoms with Gasteiger partial charge in [-0.1, -0.05) is 0 Å². The maximum Gasteiger partial charge on any atom is 0.325 e. The Morgan fingerprint density at radius 1 is 1.48 bits per heavy atom. The van der Waals surface area contributed by atoms with Gasteiger partial charge in [-0.05, 0) is 23.4 Å². The summed E-state index contributed by atoms with van der Waals surface area (Å²) < 4.78 is 17.4. The highest BCUT2D eigenvalue weighted by Crippen LogP contribution is 2.53. The zero-order valence-electron chi connectivity index (χ0n) is 11.3. The minimum Gasteiger partial charge on any atom is -0.386 e. The Bertz CT molecular complexity index is 835. The van der Waals surface area contributed by atoms with Crippen molar-refractivity contribution in [3.05, 3.63) is 11.6 Å². The summed E-state index contributed by atoms with van der Waals surface area (Å²) in [5.74, 6) is 0.158. The molecule has 124 valence electrons. The Morgan fingerprint density at radius 3 is 3.04 bits per heavy atom. The number of hydrogen-bond acceptors (Lipinski definition) is 9. The van der Waals surface area contributed by atoms with E-state index in [1.807, 2.05) is 0 Å². The van der Waals surface area contributed by atoms with E-state index in [1.54, 1.807) is 0 Å². The van der Waals surface area contributed by atoms with Crippen LogP contribution >= 0.6 is 18.3 Å². The number of aromatic nitrogens is 4. The first-order valence-electron chi connectivity index (χ1n) is 6.50. The molecule has 4 rings (SSSR count). The Kier molecular flexibility index (Phi) is 3.59. The average Bonchev–Trinajstić information content (AvgIpc) is 2.97. The van der Waals surface area contributed by atoms with E-state index >= 15 is 0 Å². The molecule has 0 aliphatic carbocycles. The molecule has 13 heteroatoms. The molecular formula is C10H11ClN5O5PS. The van der Waals surface area contributed by atoms with Gasteiger partial charge >= 0.3 is 6.72 Å². The van der Waals surface area contributed by atoms with Crippen LogP contribution in [0.2, 0.25) is 5.28 Å². The van der Waals surface area contributed by atoms with Gasteiger partial charge in [0.2, 0.25) is 5.28 Å². The number of aliphatic hydroxyl groups is 1. The fourth-order valence-electron chi connectivity index (χ4n) is 2.67. The van der Waals surface area contributed by atoms with Crippen LogP contribution in [0.5, 0.6) is 0 Å². The number of imidazole rings is 1. The van der Waals surface area contributed by atoms with Crippen LogP contribution in [-0.4, -0.2) is 54.4 Å². The standard InChI is InChI=1S/C10H11ClN5O5PS/c11-10-15-4-7(12)13-2-14-8(4)16(10)9-5(17)6-3(20-9)1-19-22(18,23)21-6/h2-3,5-6,9,17H,1H2,(H,18,23)(H2,12,13,14)/t3?,5-,6?,9?,22?/m0/s1. The van der Waals surface area contributed by atoms with Crippen LogP contribution in [-0.2, 0) is 25.6 Å². The first-order chi connectivity index (χ1) is 10.9. The van der Waals surface area contributed by atoms with Gasteiger partial charge in [0.25, 0.3) is 0 Å². The van der Waals surface area contributed by atoms with E-state index in [-0.39, 0.29) is 17.7 Å². The summed E-state index contributed by atoms with van der Waals surface area (Å²) >= 11 is 10.9. The van der Waals surface area contributed by atoms with Crippen molar-refractivity contribution in [2.75, 3.05) is 12.3 Å². The molecule has 4 heterocycles. The summed E-state index contributed by atoms with van der Waals surface area (Å²) in [5, 5.41) is 10.5. The van der Waals surface area contributed by atoms with Crippen molar-refractivity contribution in [1.82, 2.24) is 19.5 Å². The maximum absolute atomic E-state index is 10.5. The molecule has 10 nitrogen and oxygen atoms in total. The number of ether oxygens (including phenoxy) is 1. The van der Waals surface area contributed by atoms with Crippen LogP contribution in [0.25, 0.3) is 11.2 Å². The normalized spacial score (nSPS) is 37.2. The van der Waals surface area contributed by atoms with E-state index in [2.05, 4.69) is 15.0 Å². The first-order valence-corrected chi connectivity index (χ1v) is 9.47. The maximum atomic E-state index is 10.5. The molecule has 4 unspecified atom stereocenters. The van der Waals surface area contributed by atoms with Gasteiger partial charge < -0.3 is 25.0 Å². The molecule has 2 fully saturated rings. The van der Waals surface area contributed by atoms with Crippen LogP contribution in [0.4, 0.5) is 5.82 Å². The summed E-state index contributed by atoms with van der Waals surface area (Å²) in [6.45, 7) is -3.37. The second-order valence-corrected chi connectivity index (χ2v) is 8.20. The van der Waals surface area contributed by atoms with Crippen LogP contribution in [0.15, 0.2) is 6.33 Å². The van der Waals surface area contributed by atoms with Crippen molar-refractivity contribution in [3.8, 4) is 0 Å². The number of halogens is 1. The highest BCUT2D eigenvalue weighted by molar-refractivity contribution is 8.07. The molecule has 5 atom stereocenters. The van der Waals surface area contributed by atoms with Gasteiger partial charge in [0.15, 0.2) is 23.2 Å². The molecule has 0 spiro atoms. The van der Waals surface area contributed by atoms with Gasteiger partial charge in [-0.3, -0.25) is 9.09 Å². The number of nitrogens with zero attached hydrogens (tertiary/aromatic N) is 4. The van der Waals surface area contributed by atoms with Gasteiger partial charge in [0, 0.05) is 0 Å². The number of aliphatic hydroxyl groups excluding tert-OH is 1. The van der Waals surface area contributed by atoms with E-state index in [4.69, 9.17) is 42.9 Å². The lowest BCUT2D eigenvalue weighted by Gasteiger charge is -2.30. The summed E-state index contributed by atoms with van der Waals surface area (Å²) in [6, 6.07) is 0. The molecule has 4 N–H and O–H groups in total. The summed E-state index contributed by atoms with van der Waals surface area (Å²) in [5.41, 5.74) is 6.36. The number of nitrogens with two attached hydrogens (primary N) is 1. The predicted molar refractivity (Wildman–Crippen MR) is 82.0 cm³/mol. The zero-order chi connectivity index (χ0) is 16.4. The van der Waals surface area contributed by atoms with Crippen LogP contribution < -0.4 is 5.73 Å². The largest absolute Gasteiger partial charge is 0.386 e. The van der Waals surface area contributed by atoms with Crippen molar-refractivity contribution < 1.29 is 23.8 Å². The quantitative estimate of drug-likeness (QED) is 0.456. The fraction of sp³-hybridized carbons (Fsp3) is 0.500. The summed E-state index contributed by atoms with van der Waals surface area (Å²) in [6.07, 6.45) is -2.27. The second-order valence-electron chi connectivity index (χ2n) is 5.07. The number of anilines is 1. The molecule has 2 aliphatic heterocycles. The SMILES string of the molecule is Nc1ncnc2c1nc(Cl)n2C1OC2COP(O)(=S)OC2[C@@H]1O. The molecule has 0 amide bonds.